The summed E-state index contributed by atoms with van der Waals surface area (Å²) >= 11 is 0. The summed E-state index contributed by atoms with van der Waals surface area (Å²) in [6.07, 6.45) is 0. The molecule has 1 heterocycles. The Kier molecular flexibility index (Phi) is 4.66. The van der Waals surface area contributed by atoms with Crippen molar-refractivity contribution in [2.75, 3.05) is 14.2 Å². The normalized spacial score (nSPS) is 10.3. The molecule has 0 spiro atoms. The van der Waals surface area contributed by atoms with Gasteiger partial charge in [0.25, 0.3) is 5.56 Å². The third-order valence-electron chi connectivity index (χ3n) is 3.91. The average Bonchev–Trinajstić information content (AvgIpc) is 2.67. The molecule has 0 fully saturated rings. The maximum absolute atomic E-state index is 12.5. The number of aromatic nitrogens is 1. The molecule has 0 aliphatic carbocycles. The highest BCUT2D eigenvalue weighted by Gasteiger charge is 2.19. The zero-order chi connectivity index (χ0) is 17.8. The van der Waals surface area contributed by atoms with Gasteiger partial charge in [0.1, 0.15) is 11.3 Å². The van der Waals surface area contributed by atoms with Crippen LogP contribution in [0, 0.1) is 0 Å². The Labute approximate surface area is 144 Å². The van der Waals surface area contributed by atoms with Gasteiger partial charge in [-0.15, -0.1) is 0 Å². The highest BCUT2D eigenvalue weighted by molar-refractivity contribution is 5.97. The summed E-state index contributed by atoms with van der Waals surface area (Å²) in [5.74, 6) is 0.0574. The average molecular weight is 335 g/mol. The van der Waals surface area contributed by atoms with Gasteiger partial charge in [0, 0.05) is 11.3 Å². The Morgan fingerprint density at radius 2 is 1.60 bits per heavy atom. The molecule has 0 aliphatic rings. The zero-order valence-corrected chi connectivity index (χ0v) is 13.9. The Hall–Kier alpha value is -3.34. The molecule has 0 atom stereocenters. The summed E-state index contributed by atoms with van der Waals surface area (Å²) in [7, 11) is 2.85. The topological polar surface area (TPSA) is 68.4 Å². The van der Waals surface area contributed by atoms with Gasteiger partial charge in [-0.05, 0) is 41.5 Å². The van der Waals surface area contributed by atoms with Crippen LogP contribution in [0.2, 0.25) is 0 Å². The van der Waals surface area contributed by atoms with Crippen LogP contribution < -0.4 is 10.3 Å². The third-order valence-corrected chi connectivity index (χ3v) is 3.91. The fourth-order valence-corrected chi connectivity index (χ4v) is 2.64. The van der Waals surface area contributed by atoms with Gasteiger partial charge in [0.05, 0.1) is 14.2 Å². The van der Waals surface area contributed by atoms with Crippen molar-refractivity contribution in [1.82, 2.24) is 4.98 Å². The Bertz CT molecular complexity index is 944. The van der Waals surface area contributed by atoms with Crippen LogP contribution in [0.4, 0.5) is 0 Å². The first-order valence-corrected chi connectivity index (χ1v) is 7.69. The van der Waals surface area contributed by atoms with Crippen molar-refractivity contribution in [3.05, 3.63) is 76.6 Å². The SMILES string of the molecule is COC(=O)c1c(-c2ccccc2)cc(-c2ccc(OC)cc2)[nH]c1=O. The second-order valence-corrected chi connectivity index (χ2v) is 5.39. The van der Waals surface area contributed by atoms with Crippen molar-refractivity contribution in [2.24, 2.45) is 0 Å². The molecule has 1 aromatic heterocycles. The molecule has 2 aromatic carbocycles. The number of esters is 1. The lowest BCUT2D eigenvalue weighted by molar-refractivity contribution is 0.0599. The molecular formula is C20H17NO4. The number of methoxy groups -OCH3 is 2. The van der Waals surface area contributed by atoms with Gasteiger partial charge in [-0.25, -0.2) is 4.79 Å². The first-order chi connectivity index (χ1) is 12.1. The number of aromatic amines is 1. The summed E-state index contributed by atoms with van der Waals surface area (Å²) in [6.45, 7) is 0. The van der Waals surface area contributed by atoms with Crippen molar-refractivity contribution < 1.29 is 14.3 Å². The molecule has 3 aromatic rings. The fraction of sp³-hybridized carbons (Fsp3) is 0.100. The van der Waals surface area contributed by atoms with Crippen molar-refractivity contribution in [3.63, 3.8) is 0 Å². The van der Waals surface area contributed by atoms with Gasteiger partial charge >= 0.3 is 5.97 Å². The van der Waals surface area contributed by atoms with Crippen LogP contribution in [0.5, 0.6) is 5.75 Å². The van der Waals surface area contributed by atoms with Gasteiger partial charge in [0.2, 0.25) is 0 Å². The van der Waals surface area contributed by atoms with E-state index in [0.717, 1.165) is 16.9 Å². The fourth-order valence-electron chi connectivity index (χ4n) is 2.64. The van der Waals surface area contributed by atoms with Gasteiger partial charge in [-0.2, -0.15) is 0 Å². The first-order valence-electron chi connectivity index (χ1n) is 7.69. The summed E-state index contributed by atoms with van der Waals surface area (Å²) in [5, 5.41) is 0. The lowest BCUT2D eigenvalue weighted by atomic mass is 9.98. The van der Waals surface area contributed by atoms with Crippen LogP contribution in [0.15, 0.2) is 65.5 Å². The second kappa shape index (κ2) is 7.05. The standard InChI is InChI=1S/C20H17NO4/c1-24-15-10-8-14(9-11-15)17-12-16(13-6-4-3-5-7-13)18(19(22)21-17)20(23)25-2/h3-12H,1-2H3,(H,21,22). The minimum Gasteiger partial charge on any atom is -0.497 e. The molecule has 0 unspecified atom stereocenters. The molecule has 25 heavy (non-hydrogen) atoms. The number of rotatable bonds is 4. The third kappa shape index (κ3) is 3.30. The second-order valence-electron chi connectivity index (χ2n) is 5.39. The molecule has 0 saturated carbocycles. The molecule has 3 rings (SSSR count). The molecule has 0 amide bonds. The number of pyridine rings is 1. The molecule has 0 radical (unpaired) electrons. The van der Waals surface area contributed by atoms with Crippen LogP contribution >= 0.6 is 0 Å². The number of benzene rings is 2. The van der Waals surface area contributed by atoms with E-state index < -0.39 is 11.5 Å². The van der Waals surface area contributed by atoms with Crippen molar-refractivity contribution in [3.8, 4) is 28.1 Å². The predicted octanol–water partition coefficient (Wildman–Crippen LogP) is 3.50. The predicted molar refractivity (Wildman–Crippen MR) is 95.8 cm³/mol. The highest BCUT2D eigenvalue weighted by atomic mass is 16.5. The summed E-state index contributed by atoms with van der Waals surface area (Å²) in [6, 6.07) is 18.4. The number of hydrogen-bond acceptors (Lipinski definition) is 4. The van der Waals surface area contributed by atoms with E-state index in [-0.39, 0.29) is 5.56 Å². The lowest BCUT2D eigenvalue weighted by Crippen LogP contribution is -2.21. The summed E-state index contributed by atoms with van der Waals surface area (Å²) < 4.78 is 9.93. The molecule has 1 N–H and O–H groups in total. The molecule has 5 heteroatoms. The van der Waals surface area contributed by atoms with E-state index in [1.54, 1.807) is 13.2 Å². The Morgan fingerprint density at radius 1 is 0.920 bits per heavy atom. The maximum Gasteiger partial charge on any atom is 0.344 e. The number of carbonyl (C=O) groups is 1. The van der Waals surface area contributed by atoms with E-state index in [4.69, 9.17) is 9.47 Å². The van der Waals surface area contributed by atoms with Crippen LogP contribution in [0.25, 0.3) is 22.4 Å². The van der Waals surface area contributed by atoms with Crippen molar-refractivity contribution in [2.45, 2.75) is 0 Å². The van der Waals surface area contributed by atoms with Crippen LogP contribution in [-0.2, 0) is 4.74 Å². The lowest BCUT2D eigenvalue weighted by Gasteiger charge is -2.11. The minimum atomic E-state index is -0.665. The van der Waals surface area contributed by atoms with E-state index >= 15 is 0 Å². The van der Waals surface area contributed by atoms with Crippen molar-refractivity contribution in [1.29, 1.82) is 0 Å². The molecule has 0 aliphatic heterocycles. The van der Waals surface area contributed by atoms with E-state index in [2.05, 4.69) is 4.98 Å². The van der Waals surface area contributed by atoms with Crippen LogP contribution in [0.1, 0.15) is 10.4 Å². The van der Waals surface area contributed by atoms with Gasteiger partial charge < -0.3 is 14.5 Å². The molecule has 0 bridgehead atoms. The van der Waals surface area contributed by atoms with Gasteiger partial charge in [-0.1, -0.05) is 30.3 Å². The van der Waals surface area contributed by atoms with Gasteiger partial charge in [-0.3, -0.25) is 4.79 Å². The minimum absolute atomic E-state index is 0.00837. The van der Waals surface area contributed by atoms with E-state index in [1.165, 1.54) is 7.11 Å². The Morgan fingerprint density at radius 3 is 2.20 bits per heavy atom. The quantitative estimate of drug-likeness (QED) is 0.741. The van der Waals surface area contributed by atoms with E-state index in [1.807, 2.05) is 54.6 Å². The zero-order valence-electron chi connectivity index (χ0n) is 13.9. The smallest absolute Gasteiger partial charge is 0.344 e. The number of ether oxygens (including phenoxy) is 2. The molecular weight excluding hydrogens is 318 g/mol. The number of carbonyl (C=O) groups excluding carboxylic acids is 1. The largest absolute Gasteiger partial charge is 0.497 e. The monoisotopic (exact) mass is 335 g/mol. The summed E-state index contributed by atoms with van der Waals surface area (Å²) in [4.78, 5) is 27.4. The van der Waals surface area contributed by atoms with E-state index in [0.29, 0.717) is 11.3 Å². The maximum atomic E-state index is 12.5. The molecule has 126 valence electrons. The number of nitrogens with one attached hydrogen (secondary N) is 1. The van der Waals surface area contributed by atoms with E-state index in [9.17, 15) is 9.59 Å². The molecule has 5 nitrogen and oxygen atoms in total. The molecule has 0 saturated heterocycles. The van der Waals surface area contributed by atoms with Crippen LogP contribution in [-0.4, -0.2) is 25.2 Å². The number of H-pyrrole nitrogens is 1. The van der Waals surface area contributed by atoms with Crippen molar-refractivity contribution >= 4 is 5.97 Å². The summed E-state index contributed by atoms with van der Waals surface area (Å²) in [5.41, 5.74) is 2.22. The highest BCUT2D eigenvalue weighted by Crippen LogP contribution is 2.27. The van der Waals surface area contributed by atoms with Crippen LogP contribution in [0.3, 0.4) is 0 Å². The number of hydrogen-bond donors (Lipinski definition) is 1. The first kappa shape index (κ1) is 16.5. The van der Waals surface area contributed by atoms with Gasteiger partial charge in [0.15, 0.2) is 0 Å². The Balaban J connectivity index is 2.21.